The van der Waals surface area contributed by atoms with Gasteiger partial charge >= 0.3 is 0 Å². The molecule has 4 heteroatoms. The van der Waals surface area contributed by atoms with Gasteiger partial charge < -0.3 is 19.5 Å². The number of hydrogen-bond acceptors (Lipinski definition) is 4. The molecule has 1 N–H and O–H groups in total. The minimum Gasteiger partial charge on any atom is -0.491 e. The summed E-state index contributed by atoms with van der Waals surface area (Å²) < 4.78 is 15.8. The van der Waals surface area contributed by atoms with Crippen LogP contribution >= 0.6 is 0 Å². The maximum Gasteiger partial charge on any atom is 0.119 e. The standard InChI is InChI=1S/C15H25NO3/c1-3-18-11-12-19-15-7-5-14(6-8-15)13-16-9-4-10-17-2/h5-8,16H,3-4,9-13H2,1-2H3. The predicted molar refractivity (Wildman–Crippen MR) is 76.6 cm³/mol. The summed E-state index contributed by atoms with van der Waals surface area (Å²) in [7, 11) is 1.73. The summed E-state index contributed by atoms with van der Waals surface area (Å²) >= 11 is 0. The first-order valence-electron chi connectivity index (χ1n) is 6.86. The molecule has 0 saturated carbocycles. The smallest absolute Gasteiger partial charge is 0.119 e. The monoisotopic (exact) mass is 267 g/mol. The third-order valence-electron chi connectivity index (χ3n) is 2.66. The molecular weight excluding hydrogens is 242 g/mol. The molecule has 108 valence electrons. The first-order valence-corrected chi connectivity index (χ1v) is 6.86. The highest BCUT2D eigenvalue weighted by atomic mass is 16.5. The average Bonchev–Trinajstić information content (AvgIpc) is 2.45. The van der Waals surface area contributed by atoms with E-state index in [0.29, 0.717) is 13.2 Å². The molecule has 0 aliphatic carbocycles. The van der Waals surface area contributed by atoms with E-state index in [9.17, 15) is 0 Å². The molecule has 4 nitrogen and oxygen atoms in total. The van der Waals surface area contributed by atoms with Crippen LogP contribution in [0.4, 0.5) is 0 Å². The summed E-state index contributed by atoms with van der Waals surface area (Å²) in [5.74, 6) is 0.892. The lowest BCUT2D eigenvalue weighted by atomic mass is 10.2. The molecule has 1 aromatic rings. The van der Waals surface area contributed by atoms with Gasteiger partial charge in [-0.2, -0.15) is 0 Å². The molecule has 0 aliphatic heterocycles. The highest BCUT2D eigenvalue weighted by Crippen LogP contribution is 2.11. The van der Waals surface area contributed by atoms with E-state index in [1.807, 2.05) is 19.1 Å². The van der Waals surface area contributed by atoms with Crippen LogP contribution in [-0.2, 0) is 16.0 Å². The minimum absolute atomic E-state index is 0.600. The summed E-state index contributed by atoms with van der Waals surface area (Å²) in [4.78, 5) is 0. The maximum atomic E-state index is 5.56. The molecule has 0 bridgehead atoms. The Hall–Kier alpha value is -1.10. The number of rotatable bonds is 11. The molecule has 0 saturated heterocycles. The van der Waals surface area contributed by atoms with Crippen molar-refractivity contribution in [1.82, 2.24) is 5.32 Å². The van der Waals surface area contributed by atoms with E-state index < -0.39 is 0 Å². The van der Waals surface area contributed by atoms with Crippen LogP contribution in [0.2, 0.25) is 0 Å². The van der Waals surface area contributed by atoms with Crippen molar-refractivity contribution in [2.24, 2.45) is 0 Å². The van der Waals surface area contributed by atoms with Gasteiger partial charge in [0.2, 0.25) is 0 Å². The zero-order valence-electron chi connectivity index (χ0n) is 12.0. The van der Waals surface area contributed by atoms with Gasteiger partial charge in [-0.3, -0.25) is 0 Å². The topological polar surface area (TPSA) is 39.7 Å². The second-order valence-corrected chi connectivity index (χ2v) is 4.21. The predicted octanol–water partition coefficient (Wildman–Crippen LogP) is 2.23. The van der Waals surface area contributed by atoms with Crippen LogP contribution in [-0.4, -0.2) is 40.1 Å². The van der Waals surface area contributed by atoms with Gasteiger partial charge in [0.25, 0.3) is 0 Å². The fraction of sp³-hybridized carbons (Fsp3) is 0.600. The van der Waals surface area contributed by atoms with Crippen molar-refractivity contribution in [3.8, 4) is 5.75 Å². The highest BCUT2D eigenvalue weighted by molar-refractivity contribution is 5.27. The molecule has 19 heavy (non-hydrogen) atoms. The van der Waals surface area contributed by atoms with Gasteiger partial charge in [0.15, 0.2) is 0 Å². The lowest BCUT2D eigenvalue weighted by Crippen LogP contribution is -2.16. The Kier molecular flexibility index (Phi) is 9.06. The fourth-order valence-electron chi connectivity index (χ4n) is 1.64. The van der Waals surface area contributed by atoms with Gasteiger partial charge in [0.1, 0.15) is 12.4 Å². The van der Waals surface area contributed by atoms with E-state index >= 15 is 0 Å². The molecule has 0 radical (unpaired) electrons. The second-order valence-electron chi connectivity index (χ2n) is 4.21. The number of hydrogen-bond donors (Lipinski definition) is 1. The maximum absolute atomic E-state index is 5.56. The molecule has 1 aromatic carbocycles. The number of methoxy groups -OCH3 is 1. The van der Waals surface area contributed by atoms with Crippen molar-refractivity contribution in [2.45, 2.75) is 19.9 Å². The zero-order chi connectivity index (χ0) is 13.8. The summed E-state index contributed by atoms with van der Waals surface area (Å²) in [6.45, 7) is 6.61. The normalized spacial score (nSPS) is 10.6. The van der Waals surface area contributed by atoms with Gasteiger partial charge in [0.05, 0.1) is 6.61 Å². The third-order valence-corrected chi connectivity index (χ3v) is 2.66. The Morgan fingerprint density at radius 2 is 1.84 bits per heavy atom. The average molecular weight is 267 g/mol. The zero-order valence-corrected chi connectivity index (χ0v) is 12.0. The molecule has 0 spiro atoms. The van der Waals surface area contributed by atoms with Gasteiger partial charge in [-0.25, -0.2) is 0 Å². The van der Waals surface area contributed by atoms with Crippen molar-refractivity contribution in [2.75, 3.05) is 40.1 Å². The van der Waals surface area contributed by atoms with E-state index in [1.165, 1.54) is 5.56 Å². The Bertz CT molecular complexity index is 314. The van der Waals surface area contributed by atoms with E-state index in [0.717, 1.165) is 38.5 Å². The molecule has 0 aliphatic rings. The molecule has 0 unspecified atom stereocenters. The molecule has 0 heterocycles. The highest BCUT2D eigenvalue weighted by Gasteiger charge is 1.96. The summed E-state index contributed by atoms with van der Waals surface area (Å²) in [5, 5.41) is 3.38. The SMILES string of the molecule is CCOCCOc1ccc(CNCCCOC)cc1. The Morgan fingerprint density at radius 3 is 2.53 bits per heavy atom. The molecule has 1 rings (SSSR count). The van der Waals surface area contributed by atoms with Crippen molar-refractivity contribution in [3.63, 3.8) is 0 Å². The van der Waals surface area contributed by atoms with E-state index in [2.05, 4.69) is 17.4 Å². The van der Waals surface area contributed by atoms with E-state index in [1.54, 1.807) is 7.11 Å². The molecule has 0 aromatic heterocycles. The first-order chi connectivity index (χ1) is 9.36. The largest absolute Gasteiger partial charge is 0.491 e. The first kappa shape index (κ1) is 16.0. The minimum atomic E-state index is 0.600. The number of nitrogens with one attached hydrogen (secondary N) is 1. The van der Waals surface area contributed by atoms with Crippen molar-refractivity contribution in [1.29, 1.82) is 0 Å². The van der Waals surface area contributed by atoms with Gasteiger partial charge in [-0.1, -0.05) is 12.1 Å². The Labute approximate surface area is 116 Å². The van der Waals surface area contributed by atoms with Crippen molar-refractivity contribution in [3.05, 3.63) is 29.8 Å². The molecular formula is C15H25NO3. The van der Waals surface area contributed by atoms with Crippen molar-refractivity contribution < 1.29 is 14.2 Å². The lowest BCUT2D eigenvalue weighted by Gasteiger charge is -2.08. The van der Waals surface area contributed by atoms with Gasteiger partial charge in [0, 0.05) is 26.9 Å². The molecule has 0 amide bonds. The van der Waals surface area contributed by atoms with Crippen LogP contribution in [0.3, 0.4) is 0 Å². The van der Waals surface area contributed by atoms with Crippen LogP contribution in [0.5, 0.6) is 5.75 Å². The second kappa shape index (κ2) is 10.8. The van der Waals surface area contributed by atoms with E-state index in [4.69, 9.17) is 14.2 Å². The Morgan fingerprint density at radius 1 is 1.05 bits per heavy atom. The lowest BCUT2D eigenvalue weighted by molar-refractivity contribution is 0.110. The van der Waals surface area contributed by atoms with Crippen LogP contribution < -0.4 is 10.1 Å². The molecule has 0 atom stereocenters. The Balaban J connectivity index is 2.16. The van der Waals surface area contributed by atoms with Crippen LogP contribution in [0.15, 0.2) is 24.3 Å². The van der Waals surface area contributed by atoms with Gasteiger partial charge in [-0.05, 0) is 37.6 Å². The van der Waals surface area contributed by atoms with Crippen LogP contribution in [0.25, 0.3) is 0 Å². The van der Waals surface area contributed by atoms with Crippen LogP contribution in [0.1, 0.15) is 18.9 Å². The summed E-state index contributed by atoms with van der Waals surface area (Å²) in [6, 6.07) is 8.16. The summed E-state index contributed by atoms with van der Waals surface area (Å²) in [6.07, 6.45) is 1.04. The fourth-order valence-corrected chi connectivity index (χ4v) is 1.64. The van der Waals surface area contributed by atoms with Crippen LogP contribution in [0, 0.1) is 0 Å². The van der Waals surface area contributed by atoms with Gasteiger partial charge in [-0.15, -0.1) is 0 Å². The number of ether oxygens (including phenoxy) is 3. The number of benzene rings is 1. The van der Waals surface area contributed by atoms with E-state index in [-0.39, 0.29) is 0 Å². The quantitative estimate of drug-likeness (QED) is 0.624. The van der Waals surface area contributed by atoms with Crippen molar-refractivity contribution >= 4 is 0 Å². The summed E-state index contributed by atoms with van der Waals surface area (Å²) in [5.41, 5.74) is 1.26. The third kappa shape index (κ3) is 7.82. The molecule has 0 fully saturated rings.